The average Bonchev–Trinajstić information content (AvgIpc) is 2.92. The van der Waals surface area contributed by atoms with Crippen LogP contribution in [0.5, 0.6) is 5.75 Å². The molecule has 2 aromatic carbocycles. The van der Waals surface area contributed by atoms with E-state index in [1.165, 1.54) is 12.1 Å². The number of nitriles is 1. The van der Waals surface area contributed by atoms with Gasteiger partial charge in [-0.25, -0.2) is 14.4 Å². The lowest BCUT2D eigenvalue weighted by atomic mass is 9.89. The van der Waals surface area contributed by atoms with Gasteiger partial charge >= 0.3 is 0 Å². The van der Waals surface area contributed by atoms with Crippen molar-refractivity contribution >= 4 is 17.2 Å². The molecule has 1 aliphatic heterocycles. The Morgan fingerprint density at radius 2 is 1.97 bits per heavy atom. The smallest absolute Gasteiger partial charge is 0.136 e. The van der Waals surface area contributed by atoms with Gasteiger partial charge in [0, 0.05) is 40.5 Å². The molecule has 0 fully saturated rings. The van der Waals surface area contributed by atoms with Crippen LogP contribution in [-0.4, -0.2) is 9.97 Å². The summed E-state index contributed by atoms with van der Waals surface area (Å²) in [4.78, 5) is 8.95. The van der Waals surface area contributed by atoms with E-state index >= 15 is 0 Å². The SMILES string of the molecule is CCCc1nc(C)nc(Cl)c1Cc1ccc2c(c1)COc1cc(F)ccc1/C2=C(/C)C#N. The fourth-order valence-electron chi connectivity index (χ4n) is 4.14. The van der Waals surface area contributed by atoms with E-state index in [1.54, 1.807) is 13.0 Å². The summed E-state index contributed by atoms with van der Waals surface area (Å²) in [7, 11) is 0. The lowest BCUT2D eigenvalue weighted by Gasteiger charge is -2.14. The highest BCUT2D eigenvalue weighted by Crippen LogP contribution is 2.39. The number of fused-ring (bicyclic) bond motifs is 2. The number of rotatable bonds is 4. The summed E-state index contributed by atoms with van der Waals surface area (Å²) in [5, 5.41) is 10.1. The van der Waals surface area contributed by atoms with Gasteiger partial charge in [-0.15, -0.1) is 0 Å². The van der Waals surface area contributed by atoms with Gasteiger partial charge in [0.25, 0.3) is 0 Å². The highest BCUT2D eigenvalue weighted by Gasteiger charge is 2.22. The standard InChI is InChI=1S/C26H23ClFN3O/c1-4-5-23-22(26(27)31-16(3)30-23)11-17-6-8-20-18(10-17)14-32-24-12-19(28)7-9-21(24)25(20)15(2)13-29/h6-10,12H,4-5,11,14H2,1-3H3/b25-15-. The van der Waals surface area contributed by atoms with Gasteiger partial charge in [-0.2, -0.15) is 5.26 Å². The Morgan fingerprint density at radius 1 is 1.19 bits per heavy atom. The molecule has 162 valence electrons. The summed E-state index contributed by atoms with van der Waals surface area (Å²) in [6, 6.07) is 12.8. The quantitative estimate of drug-likeness (QED) is 0.345. The molecule has 0 saturated heterocycles. The van der Waals surface area contributed by atoms with Gasteiger partial charge in [0.05, 0.1) is 6.07 Å². The Morgan fingerprint density at radius 3 is 2.72 bits per heavy atom. The molecule has 0 N–H and O–H groups in total. The Labute approximate surface area is 192 Å². The van der Waals surface area contributed by atoms with E-state index in [4.69, 9.17) is 16.3 Å². The number of aryl methyl sites for hydroxylation is 2. The maximum absolute atomic E-state index is 13.9. The second-order valence-electron chi connectivity index (χ2n) is 7.95. The third-order valence-corrected chi connectivity index (χ3v) is 5.91. The van der Waals surface area contributed by atoms with Crippen molar-refractivity contribution in [3.63, 3.8) is 0 Å². The minimum atomic E-state index is -0.373. The monoisotopic (exact) mass is 447 g/mol. The summed E-state index contributed by atoms with van der Waals surface area (Å²) >= 11 is 6.49. The minimum Gasteiger partial charge on any atom is -0.488 e. The van der Waals surface area contributed by atoms with Crippen LogP contribution in [-0.2, 0) is 19.4 Å². The maximum Gasteiger partial charge on any atom is 0.136 e. The molecule has 1 aromatic heterocycles. The Hall–Kier alpha value is -3.23. The maximum atomic E-state index is 13.9. The number of aromatic nitrogens is 2. The zero-order valence-electron chi connectivity index (χ0n) is 18.3. The number of ether oxygens (including phenoxy) is 1. The van der Waals surface area contributed by atoms with Crippen LogP contribution in [0.4, 0.5) is 4.39 Å². The lowest BCUT2D eigenvalue weighted by Crippen LogP contribution is -2.05. The molecule has 0 spiro atoms. The van der Waals surface area contributed by atoms with Crippen molar-refractivity contribution in [3.05, 3.63) is 92.3 Å². The van der Waals surface area contributed by atoms with Gasteiger partial charge in [-0.3, -0.25) is 0 Å². The van der Waals surface area contributed by atoms with Gasteiger partial charge in [-0.05, 0) is 49.1 Å². The van der Waals surface area contributed by atoms with Gasteiger partial charge < -0.3 is 4.74 Å². The fourth-order valence-corrected chi connectivity index (χ4v) is 4.44. The van der Waals surface area contributed by atoms with Gasteiger partial charge in [0.2, 0.25) is 0 Å². The molecule has 0 saturated carbocycles. The largest absolute Gasteiger partial charge is 0.488 e. The van der Waals surface area contributed by atoms with Crippen molar-refractivity contribution in [1.29, 1.82) is 5.26 Å². The first-order valence-corrected chi connectivity index (χ1v) is 11.0. The minimum absolute atomic E-state index is 0.280. The number of hydrogen-bond acceptors (Lipinski definition) is 4. The molecule has 0 atom stereocenters. The zero-order valence-corrected chi connectivity index (χ0v) is 19.1. The van der Waals surface area contributed by atoms with Crippen LogP contribution in [0, 0.1) is 24.1 Å². The first kappa shape index (κ1) is 22.0. The third kappa shape index (κ3) is 4.24. The van der Waals surface area contributed by atoms with Crippen molar-refractivity contribution in [2.24, 2.45) is 0 Å². The lowest BCUT2D eigenvalue weighted by molar-refractivity contribution is 0.305. The van der Waals surface area contributed by atoms with E-state index in [-0.39, 0.29) is 12.4 Å². The molecule has 1 aliphatic rings. The molecule has 0 radical (unpaired) electrons. The fraction of sp³-hybridized carbons (Fsp3) is 0.269. The van der Waals surface area contributed by atoms with Gasteiger partial charge in [0.15, 0.2) is 0 Å². The van der Waals surface area contributed by atoms with E-state index < -0.39 is 0 Å². The highest BCUT2D eigenvalue weighted by molar-refractivity contribution is 6.30. The topological polar surface area (TPSA) is 58.8 Å². The van der Waals surface area contributed by atoms with E-state index in [2.05, 4.69) is 29.0 Å². The molecule has 0 unspecified atom stereocenters. The predicted octanol–water partition coefficient (Wildman–Crippen LogP) is 6.36. The number of allylic oxidation sites excluding steroid dienone is 1. The van der Waals surface area contributed by atoms with Crippen LogP contribution in [0.3, 0.4) is 0 Å². The van der Waals surface area contributed by atoms with E-state index in [1.807, 2.05) is 19.1 Å². The number of benzene rings is 2. The summed E-state index contributed by atoms with van der Waals surface area (Å²) in [6.45, 7) is 6.01. The number of nitrogens with zero attached hydrogens (tertiary/aromatic N) is 3. The van der Waals surface area contributed by atoms with Gasteiger partial charge in [0.1, 0.15) is 29.2 Å². The van der Waals surface area contributed by atoms with Crippen molar-refractivity contribution in [2.45, 2.75) is 46.6 Å². The first-order chi connectivity index (χ1) is 15.4. The van der Waals surface area contributed by atoms with Crippen molar-refractivity contribution < 1.29 is 9.13 Å². The normalized spacial score (nSPS) is 14.0. The second-order valence-corrected chi connectivity index (χ2v) is 8.30. The molecule has 4 nitrogen and oxygen atoms in total. The molecule has 2 heterocycles. The Bertz CT molecular complexity index is 1280. The Kier molecular flexibility index (Phi) is 6.25. The highest BCUT2D eigenvalue weighted by atomic mass is 35.5. The first-order valence-electron chi connectivity index (χ1n) is 10.6. The molecular weight excluding hydrogens is 425 g/mol. The van der Waals surface area contributed by atoms with Crippen LogP contribution in [0.2, 0.25) is 5.15 Å². The molecule has 3 aromatic rings. The summed E-state index contributed by atoms with van der Waals surface area (Å²) in [6.07, 6.45) is 2.40. The van der Waals surface area contributed by atoms with E-state index in [0.717, 1.165) is 51.9 Å². The average molecular weight is 448 g/mol. The van der Waals surface area contributed by atoms with E-state index in [9.17, 15) is 9.65 Å². The van der Waals surface area contributed by atoms with Gasteiger partial charge in [-0.1, -0.05) is 43.1 Å². The summed E-state index contributed by atoms with van der Waals surface area (Å²) < 4.78 is 19.8. The second kappa shape index (κ2) is 9.10. The molecule has 0 bridgehead atoms. The van der Waals surface area contributed by atoms with Crippen molar-refractivity contribution in [2.75, 3.05) is 0 Å². The Balaban J connectivity index is 1.79. The summed E-state index contributed by atoms with van der Waals surface area (Å²) in [5.41, 5.74) is 6.84. The van der Waals surface area contributed by atoms with Crippen molar-refractivity contribution in [3.8, 4) is 11.8 Å². The van der Waals surface area contributed by atoms with Crippen LogP contribution in [0.1, 0.15) is 59.6 Å². The molecular formula is C26H23ClFN3O. The molecule has 4 rings (SSSR count). The molecule has 0 aliphatic carbocycles. The molecule has 32 heavy (non-hydrogen) atoms. The summed E-state index contributed by atoms with van der Waals surface area (Å²) in [5.74, 6) is 0.735. The van der Waals surface area contributed by atoms with Crippen LogP contribution < -0.4 is 4.74 Å². The number of halogens is 2. The van der Waals surface area contributed by atoms with Crippen LogP contribution in [0.15, 0.2) is 42.0 Å². The third-order valence-electron chi connectivity index (χ3n) is 5.60. The van der Waals surface area contributed by atoms with Crippen LogP contribution in [0.25, 0.3) is 5.57 Å². The number of hydrogen-bond donors (Lipinski definition) is 0. The van der Waals surface area contributed by atoms with E-state index in [0.29, 0.717) is 28.7 Å². The predicted molar refractivity (Wildman–Crippen MR) is 123 cm³/mol. The molecule has 0 amide bonds. The van der Waals surface area contributed by atoms with Crippen LogP contribution >= 0.6 is 11.6 Å². The zero-order chi connectivity index (χ0) is 22.8. The molecule has 6 heteroatoms. The van der Waals surface area contributed by atoms with Crippen molar-refractivity contribution in [1.82, 2.24) is 9.97 Å².